The van der Waals surface area contributed by atoms with Gasteiger partial charge in [-0.25, -0.2) is 0 Å². The summed E-state index contributed by atoms with van der Waals surface area (Å²) in [5.41, 5.74) is 7.23. The van der Waals surface area contributed by atoms with Gasteiger partial charge in [0.1, 0.15) is 0 Å². The third-order valence-corrected chi connectivity index (χ3v) is 2.95. The Balaban J connectivity index is 0.00000289. The molecule has 0 heterocycles. The molecule has 2 N–H and O–H groups in total. The summed E-state index contributed by atoms with van der Waals surface area (Å²) in [6.07, 6.45) is 4.57. The predicted molar refractivity (Wildman–Crippen MR) is 77.9 cm³/mol. The zero-order valence-electron chi connectivity index (χ0n) is 11.4. The quantitative estimate of drug-likeness (QED) is 0.771. The molecule has 0 amide bonds. The Bertz CT molecular complexity index is 345. The van der Waals surface area contributed by atoms with E-state index in [0.29, 0.717) is 0 Å². The van der Waals surface area contributed by atoms with Gasteiger partial charge < -0.3 is 15.2 Å². The van der Waals surface area contributed by atoms with E-state index >= 15 is 0 Å². The van der Waals surface area contributed by atoms with Crippen LogP contribution in [0.25, 0.3) is 0 Å². The Labute approximate surface area is 116 Å². The lowest BCUT2D eigenvalue weighted by Crippen LogP contribution is -2.12. The van der Waals surface area contributed by atoms with Crippen molar-refractivity contribution < 1.29 is 9.47 Å². The highest BCUT2D eigenvalue weighted by Gasteiger charge is 2.15. The van der Waals surface area contributed by atoms with Gasteiger partial charge in [0.15, 0.2) is 11.5 Å². The van der Waals surface area contributed by atoms with Crippen LogP contribution in [0, 0.1) is 0 Å². The van der Waals surface area contributed by atoms with Crippen molar-refractivity contribution in [2.75, 3.05) is 14.2 Å². The predicted octanol–water partition coefficient (Wildman–Crippen LogP) is 3.71. The first-order valence-electron chi connectivity index (χ1n) is 6.21. The standard InChI is InChI=1S/C14H23NO2.ClH/c1-4-5-6-9-12(15)11-8-7-10-13(16-2)14(11)17-3;/h7-8,10,12H,4-6,9,15H2,1-3H3;1H/t12-;/m0./s1. The molecule has 4 heteroatoms. The van der Waals surface area contributed by atoms with Crippen LogP contribution in [0.5, 0.6) is 11.5 Å². The minimum absolute atomic E-state index is 0. The third-order valence-electron chi connectivity index (χ3n) is 2.95. The minimum atomic E-state index is 0. The van der Waals surface area contributed by atoms with Crippen LogP contribution >= 0.6 is 12.4 Å². The highest BCUT2D eigenvalue weighted by atomic mass is 35.5. The lowest BCUT2D eigenvalue weighted by Gasteiger charge is -2.17. The summed E-state index contributed by atoms with van der Waals surface area (Å²) in [5.74, 6) is 1.51. The molecule has 1 rings (SSSR count). The van der Waals surface area contributed by atoms with Gasteiger partial charge in [0.2, 0.25) is 0 Å². The van der Waals surface area contributed by atoms with Gasteiger partial charge in [-0.1, -0.05) is 38.3 Å². The third kappa shape index (κ3) is 4.39. The molecule has 0 spiro atoms. The second-order valence-electron chi connectivity index (χ2n) is 4.19. The minimum Gasteiger partial charge on any atom is -0.493 e. The first kappa shape index (κ1) is 17.1. The van der Waals surface area contributed by atoms with Crippen LogP contribution in [-0.2, 0) is 0 Å². The summed E-state index contributed by atoms with van der Waals surface area (Å²) in [5, 5.41) is 0. The Morgan fingerprint density at radius 1 is 1.17 bits per heavy atom. The van der Waals surface area contributed by atoms with E-state index in [2.05, 4.69) is 6.92 Å². The second kappa shape index (κ2) is 9.06. The zero-order valence-corrected chi connectivity index (χ0v) is 12.3. The van der Waals surface area contributed by atoms with Crippen LogP contribution in [0.2, 0.25) is 0 Å². The number of para-hydroxylation sites is 1. The Kier molecular flexibility index (Phi) is 8.59. The molecule has 0 aliphatic carbocycles. The Hall–Kier alpha value is -0.930. The highest BCUT2D eigenvalue weighted by Crippen LogP contribution is 2.35. The zero-order chi connectivity index (χ0) is 12.7. The molecule has 0 radical (unpaired) electrons. The van der Waals surface area contributed by atoms with Gasteiger partial charge in [0, 0.05) is 11.6 Å². The number of ether oxygens (including phenoxy) is 2. The summed E-state index contributed by atoms with van der Waals surface area (Å²) in [6.45, 7) is 2.19. The number of hydrogen-bond donors (Lipinski definition) is 1. The molecule has 0 aliphatic heterocycles. The number of unbranched alkanes of at least 4 members (excludes halogenated alkanes) is 2. The van der Waals surface area contributed by atoms with Crippen molar-refractivity contribution >= 4 is 12.4 Å². The molecule has 0 saturated heterocycles. The van der Waals surface area contributed by atoms with Crippen LogP contribution in [0.1, 0.15) is 44.2 Å². The Morgan fingerprint density at radius 3 is 2.44 bits per heavy atom. The van der Waals surface area contributed by atoms with Gasteiger partial charge in [0.25, 0.3) is 0 Å². The fraction of sp³-hybridized carbons (Fsp3) is 0.571. The first-order chi connectivity index (χ1) is 8.24. The molecule has 0 unspecified atom stereocenters. The molecular formula is C14H24ClNO2. The van der Waals surface area contributed by atoms with Crippen molar-refractivity contribution in [3.05, 3.63) is 23.8 Å². The molecule has 104 valence electrons. The van der Waals surface area contributed by atoms with Crippen LogP contribution in [0.15, 0.2) is 18.2 Å². The molecule has 0 saturated carbocycles. The summed E-state index contributed by atoms with van der Waals surface area (Å²) in [6, 6.07) is 5.88. The van der Waals surface area contributed by atoms with E-state index < -0.39 is 0 Å². The Morgan fingerprint density at radius 2 is 1.89 bits per heavy atom. The number of benzene rings is 1. The largest absolute Gasteiger partial charge is 0.493 e. The van der Waals surface area contributed by atoms with Gasteiger partial charge in [0.05, 0.1) is 14.2 Å². The lowest BCUT2D eigenvalue weighted by molar-refractivity contribution is 0.348. The molecule has 18 heavy (non-hydrogen) atoms. The van der Waals surface area contributed by atoms with E-state index in [9.17, 15) is 0 Å². The van der Waals surface area contributed by atoms with Gasteiger partial charge in [-0.05, 0) is 12.5 Å². The first-order valence-corrected chi connectivity index (χ1v) is 6.21. The van der Waals surface area contributed by atoms with E-state index in [1.165, 1.54) is 12.8 Å². The maximum atomic E-state index is 6.20. The van der Waals surface area contributed by atoms with Crippen molar-refractivity contribution in [2.45, 2.75) is 38.6 Å². The van der Waals surface area contributed by atoms with Gasteiger partial charge in [-0.15, -0.1) is 12.4 Å². The van der Waals surface area contributed by atoms with E-state index in [1.807, 2.05) is 18.2 Å². The molecule has 1 aromatic carbocycles. The smallest absolute Gasteiger partial charge is 0.165 e. The van der Waals surface area contributed by atoms with Gasteiger partial charge in [-0.3, -0.25) is 0 Å². The highest BCUT2D eigenvalue weighted by molar-refractivity contribution is 5.85. The lowest BCUT2D eigenvalue weighted by atomic mass is 10.00. The average Bonchev–Trinajstić information content (AvgIpc) is 2.37. The van der Waals surface area contributed by atoms with Crippen LogP contribution in [0.3, 0.4) is 0 Å². The molecule has 1 aromatic rings. The number of nitrogens with two attached hydrogens (primary N) is 1. The molecule has 0 aliphatic rings. The van der Waals surface area contributed by atoms with E-state index in [1.54, 1.807) is 14.2 Å². The second-order valence-corrected chi connectivity index (χ2v) is 4.19. The summed E-state index contributed by atoms with van der Waals surface area (Å²) in [7, 11) is 3.30. The normalized spacial score (nSPS) is 11.6. The van der Waals surface area contributed by atoms with Gasteiger partial charge in [-0.2, -0.15) is 0 Å². The van der Waals surface area contributed by atoms with Crippen LogP contribution in [-0.4, -0.2) is 14.2 Å². The van der Waals surface area contributed by atoms with Crippen molar-refractivity contribution in [1.82, 2.24) is 0 Å². The molecule has 1 atom stereocenters. The maximum absolute atomic E-state index is 6.20. The number of rotatable bonds is 7. The fourth-order valence-electron chi connectivity index (χ4n) is 1.97. The summed E-state index contributed by atoms with van der Waals surface area (Å²) in [4.78, 5) is 0. The molecule has 0 aromatic heterocycles. The number of halogens is 1. The summed E-state index contributed by atoms with van der Waals surface area (Å²) < 4.78 is 10.7. The van der Waals surface area contributed by atoms with E-state index in [4.69, 9.17) is 15.2 Å². The molecular weight excluding hydrogens is 250 g/mol. The number of hydrogen-bond acceptors (Lipinski definition) is 3. The van der Waals surface area contributed by atoms with Crippen molar-refractivity contribution in [3.63, 3.8) is 0 Å². The fourth-order valence-corrected chi connectivity index (χ4v) is 1.97. The maximum Gasteiger partial charge on any atom is 0.165 e. The molecule has 0 bridgehead atoms. The monoisotopic (exact) mass is 273 g/mol. The SMILES string of the molecule is CCCCC[C@H](N)c1cccc(OC)c1OC.Cl. The van der Waals surface area contributed by atoms with E-state index in [0.717, 1.165) is 29.9 Å². The molecule has 3 nitrogen and oxygen atoms in total. The van der Waals surface area contributed by atoms with E-state index in [-0.39, 0.29) is 18.4 Å². The van der Waals surface area contributed by atoms with Crippen LogP contribution < -0.4 is 15.2 Å². The van der Waals surface area contributed by atoms with Crippen LogP contribution in [0.4, 0.5) is 0 Å². The molecule has 0 fully saturated rings. The topological polar surface area (TPSA) is 44.5 Å². The summed E-state index contributed by atoms with van der Waals surface area (Å²) >= 11 is 0. The average molecular weight is 274 g/mol. The van der Waals surface area contributed by atoms with Gasteiger partial charge >= 0.3 is 0 Å². The van der Waals surface area contributed by atoms with Crippen molar-refractivity contribution in [2.24, 2.45) is 5.73 Å². The number of methoxy groups -OCH3 is 2. The van der Waals surface area contributed by atoms with Crippen molar-refractivity contribution in [1.29, 1.82) is 0 Å². The van der Waals surface area contributed by atoms with Crippen molar-refractivity contribution in [3.8, 4) is 11.5 Å².